The highest BCUT2D eigenvalue weighted by atomic mass is 32.1. The predicted octanol–water partition coefficient (Wildman–Crippen LogP) is 4.89. The molecule has 0 fully saturated rings. The molecule has 0 radical (unpaired) electrons. The minimum atomic E-state index is 0.930. The maximum absolute atomic E-state index is 5.04. The Kier molecular flexibility index (Phi) is 4.15. The maximum atomic E-state index is 5.04. The number of aromatic nitrogens is 2. The molecule has 0 bridgehead atoms. The molecule has 0 spiro atoms. The highest BCUT2D eigenvalue weighted by Crippen LogP contribution is 2.31. The Morgan fingerprint density at radius 1 is 1.21 bits per heavy atom. The molecule has 2 aromatic heterocycles. The van der Waals surface area contributed by atoms with Crippen molar-refractivity contribution < 1.29 is 0 Å². The number of anilines is 1. The number of benzene rings is 1. The van der Waals surface area contributed by atoms with E-state index in [1.807, 2.05) is 11.3 Å². The molecule has 1 N–H and O–H groups in total. The highest BCUT2D eigenvalue weighted by molar-refractivity contribution is 7.09. The molecule has 0 amide bonds. The zero-order valence-electron chi connectivity index (χ0n) is 14.3. The first-order valence-corrected chi connectivity index (χ1v) is 9.55. The summed E-state index contributed by atoms with van der Waals surface area (Å²) in [4.78, 5) is 1.38. The van der Waals surface area contributed by atoms with Crippen LogP contribution in [0.5, 0.6) is 0 Å². The van der Waals surface area contributed by atoms with Gasteiger partial charge in [0.05, 0.1) is 11.4 Å². The fourth-order valence-corrected chi connectivity index (χ4v) is 4.12. The predicted molar refractivity (Wildman–Crippen MR) is 102 cm³/mol. The molecule has 1 aliphatic rings. The van der Waals surface area contributed by atoms with Crippen LogP contribution in [0.25, 0.3) is 5.69 Å². The first-order chi connectivity index (χ1) is 11.7. The van der Waals surface area contributed by atoms with Gasteiger partial charge in [0.25, 0.3) is 0 Å². The quantitative estimate of drug-likeness (QED) is 0.737. The molecule has 0 saturated carbocycles. The molecule has 1 aliphatic heterocycles. The molecule has 0 unspecified atom stereocenters. The molecule has 24 heavy (non-hydrogen) atoms. The summed E-state index contributed by atoms with van der Waals surface area (Å²) in [7, 11) is 0. The Labute approximate surface area is 147 Å². The molecule has 3 aromatic rings. The SMILES string of the molecule is Cc1ccc(C)c(-n2nc(Cc3cccs3)c3c2NCCCC3)c1. The molecule has 3 nitrogen and oxygen atoms in total. The summed E-state index contributed by atoms with van der Waals surface area (Å²) in [5.41, 5.74) is 6.36. The summed E-state index contributed by atoms with van der Waals surface area (Å²) in [5.74, 6) is 1.20. The minimum Gasteiger partial charge on any atom is -0.370 e. The van der Waals surface area contributed by atoms with E-state index in [0.717, 1.165) is 19.4 Å². The molecule has 4 rings (SSSR count). The molecule has 0 saturated heterocycles. The van der Waals surface area contributed by atoms with E-state index in [9.17, 15) is 0 Å². The number of fused-ring (bicyclic) bond motifs is 1. The smallest absolute Gasteiger partial charge is 0.133 e. The van der Waals surface area contributed by atoms with E-state index in [1.165, 1.54) is 51.6 Å². The normalized spacial score (nSPS) is 14.1. The topological polar surface area (TPSA) is 29.9 Å². The molecule has 3 heterocycles. The van der Waals surface area contributed by atoms with E-state index in [4.69, 9.17) is 5.10 Å². The lowest BCUT2D eigenvalue weighted by Crippen LogP contribution is -2.08. The fourth-order valence-electron chi connectivity index (χ4n) is 3.42. The second-order valence-corrected chi connectivity index (χ2v) is 7.65. The van der Waals surface area contributed by atoms with Gasteiger partial charge in [-0.1, -0.05) is 18.2 Å². The molecule has 0 atom stereocenters. The van der Waals surface area contributed by atoms with Crippen LogP contribution in [0.2, 0.25) is 0 Å². The van der Waals surface area contributed by atoms with Crippen LogP contribution in [0.4, 0.5) is 5.82 Å². The van der Waals surface area contributed by atoms with Gasteiger partial charge in [0.1, 0.15) is 5.82 Å². The Morgan fingerprint density at radius 2 is 2.12 bits per heavy atom. The average Bonchev–Trinajstić information content (AvgIpc) is 3.12. The van der Waals surface area contributed by atoms with E-state index in [1.54, 1.807) is 0 Å². The lowest BCUT2D eigenvalue weighted by atomic mass is 10.1. The summed E-state index contributed by atoms with van der Waals surface area (Å²) in [6.07, 6.45) is 4.50. The third kappa shape index (κ3) is 2.86. The number of nitrogens with zero attached hydrogens (tertiary/aromatic N) is 2. The summed E-state index contributed by atoms with van der Waals surface area (Å²) < 4.78 is 2.14. The van der Waals surface area contributed by atoms with Gasteiger partial charge >= 0.3 is 0 Å². The molecule has 0 aliphatic carbocycles. The lowest BCUT2D eigenvalue weighted by Gasteiger charge is -2.12. The number of nitrogens with one attached hydrogen (secondary N) is 1. The maximum Gasteiger partial charge on any atom is 0.133 e. The van der Waals surface area contributed by atoms with Crippen LogP contribution in [0.15, 0.2) is 35.7 Å². The lowest BCUT2D eigenvalue weighted by molar-refractivity contribution is 0.767. The van der Waals surface area contributed by atoms with Crippen molar-refractivity contribution in [3.05, 3.63) is 63.0 Å². The molecular formula is C20H23N3S. The number of rotatable bonds is 3. The molecular weight excluding hydrogens is 314 g/mol. The van der Waals surface area contributed by atoms with E-state index in [-0.39, 0.29) is 0 Å². The molecule has 1 aromatic carbocycles. The number of hydrogen-bond donors (Lipinski definition) is 1. The Balaban J connectivity index is 1.84. The van der Waals surface area contributed by atoms with Crippen LogP contribution in [0.3, 0.4) is 0 Å². The van der Waals surface area contributed by atoms with Crippen molar-refractivity contribution in [3.8, 4) is 5.69 Å². The van der Waals surface area contributed by atoms with Crippen LogP contribution in [0.1, 0.15) is 40.1 Å². The van der Waals surface area contributed by atoms with Gasteiger partial charge in [0, 0.05) is 23.4 Å². The zero-order chi connectivity index (χ0) is 16.5. The van der Waals surface area contributed by atoms with Crippen LogP contribution in [-0.4, -0.2) is 16.3 Å². The minimum absolute atomic E-state index is 0.930. The van der Waals surface area contributed by atoms with Crippen molar-refractivity contribution in [3.63, 3.8) is 0 Å². The van der Waals surface area contributed by atoms with Gasteiger partial charge in [-0.25, -0.2) is 4.68 Å². The number of hydrogen-bond acceptors (Lipinski definition) is 3. The van der Waals surface area contributed by atoms with Crippen molar-refractivity contribution in [1.29, 1.82) is 0 Å². The highest BCUT2D eigenvalue weighted by Gasteiger charge is 2.21. The first kappa shape index (κ1) is 15.5. The number of thiophene rings is 1. The monoisotopic (exact) mass is 337 g/mol. The third-order valence-corrected chi connectivity index (χ3v) is 5.60. The average molecular weight is 337 g/mol. The first-order valence-electron chi connectivity index (χ1n) is 8.67. The van der Waals surface area contributed by atoms with Crippen molar-refractivity contribution in [2.45, 2.75) is 39.5 Å². The third-order valence-electron chi connectivity index (χ3n) is 4.73. The fraction of sp³-hybridized carbons (Fsp3) is 0.350. The second kappa shape index (κ2) is 6.44. The second-order valence-electron chi connectivity index (χ2n) is 6.62. The van der Waals surface area contributed by atoms with Gasteiger partial charge in [0.2, 0.25) is 0 Å². The Bertz CT molecular complexity index is 846. The van der Waals surface area contributed by atoms with Crippen molar-refractivity contribution in [2.75, 3.05) is 11.9 Å². The van der Waals surface area contributed by atoms with Crippen molar-refractivity contribution >= 4 is 17.2 Å². The van der Waals surface area contributed by atoms with Crippen molar-refractivity contribution in [1.82, 2.24) is 9.78 Å². The summed E-state index contributed by atoms with van der Waals surface area (Å²) in [6.45, 7) is 5.34. The van der Waals surface area contributed by atoms with Gasteiger partial charge in [-0.2, -0.15) is 5.10 Å². The Hall–Kier alpha value is -2.07. The summed E-state index contributed by atoms with van der Waals surface area (Å²) in [6, 6.07) is 10.9. The standard InChI is InChI=1S/C20H23N3S/c1-14-8-9-15(2)19(12-14)23-20-17(7-3-4-10-21-20)18(22-23)13-16-6-5-11-24-16/h5-6,8-9,11-12,21H,3-4,7,10,13H2,1-2H3. The molecule has 124 valence electrons. The van der Waals surface area contributed by atoms with Crippen LogP contribution >= 0.6 is 11.3 Å². The molecule has 4 heteroatoms. The largest absolute Gasteiger partial charge is 0.370 e. The van der Waals surface area contributed by atoms with Crippen molar-refractivity contribution in [2.24, 2.45) is 0 Å². The van der Waals surface area contributed by atoms with E-state index >= 15 is 0 Å². The van der Waals surface area contributed by atoms with Gasteiger partial charge in [-0.15, -0.1) is 11.3 Å². The van der Waals surface area contributed by atoms with Crippen LogP contribution < -0.4 is 5.32 Å². The van der Waals surface area contributed by atoms with Crippen LogP contribution in [0, 0.1) is 13.8 Å². The summed E-state index contributed by atoms with van der Waals surface area (Å²) in [5, 5.41) is 10.8. The van der Waals surface area contributed by atoms with Crippen LogP contribution in [-0.2, 0) is 12.8 Å². The van der Waals surface area contributed by atoms with E-state index in [2.05, 4.69) is 59.6 Å². The van der Waals surface area contributed by atoms with E-state index < -0.39 is 0 Å². The van der Waals surface area contributed by atoms with Gasteiger partial charge in [-0.05, 0) is 61.7 Å². The van der Waals surface area contributed by atoms with E-state index in [0.29, 0.717) is 0 Å². The van der Waals surface area contributed by atoms with Gasteiger partial charge in [-0.3, -0.25) is 0 Å². The van der Waals surface area contributed by atoms with Gasteiger partial charge in [0.15, 0.2) is 0 Å². The Morgan fingerprint density at radius 3 is 2.96 bits per heavy atom. The summed E-state index contributed by atoms with van der Waals surface area (Å²) >= 11 is 1.81. The van der Waals surface area contributed by atoms with Gasteiger partial charge < -0.3 is 5.32 Å². The zero-order valence-corrected chi connectivity index (χ0v) is 15.1. The number of aryl methyl sites for hydroxylation is 2.